The molecule has 0 spiro atoms. The third kappa shape index (κ3) is 2.68. The molecule has 0 aliphatic carbocycles. The van der Waals surface area contributed by atoms with Crippen molar-refractivity contribution < 1.29 is 14.7 Å². The molecule has 126 valence electrons. The molecule has 2 aliphatic rings. The van der Waals surface area contributed by atoms with Gasteiger partial charge in [-0.05, 0) is 23.9 Å². The van der Waals surface area contributed by atoms with E-state index in [1.165, 1.54) is 11.3 Å². The Labute approximate surface area is 140 Å². The molecule has 2 saturated heterocycles. The number of carbonyl (C=O) groups excluding carboxylic acids is 2. The molecule has 3 rings (SSSR count). The molecule has 5 nitrogen and oxygen atoms in total. The second kappa shape index (κ2) is 5.91. The normalized spacial score (nSPS) is 26.9. The Balaban J connectivity index is 1.75. The van der Waals surface area contributed by atoms with Crippen LogP contribution >= 0.6 is 11.3 Å². The van der Waals surface area contributed by atoms with Crippen molar-refractivity contribution in [3.05, 3.63) is 21.9 Å². The minimum Gasteiger partial charge on any atom is -0.396 e. The lowest BCUT2D eigenvalue weighted by Gasteiger charge is -2.28. The van der Waals surface area contributed by atoms with Gasteiger partial charge in [-0.15, -0.1) is 11.3 Å². The Bertz CT molecular complexity index is 627. The van der Waals surface area contributed by atoms with Crippen LogP contribution in [0.1, 0.15) is 29.1 Å². The van der Waals surface area contributed by atoms with Gasteiger partial charge in [-0.1, -0.05) is 13.8 Å². The van der Waals surface area contributed by atoms with Crippen molar-refractivity contribution in [3.63, 3.8) is 0 Å². The first kappa shape index (κ1) is 16.5. The molecule has 6 heteroatoms. The number of amides is 2. The largest absolute Gasteiger partial charge is 0.396 e. The van der Waals surface area contributed by atoms with Gasteiger partial charge in [0.05, 0.1) is 11.5 Å². The van der Waals surface area contributed by atoms with Crippen LogP contribution in [0.4, 0.5) is 0 Å². The van der Waals surface area contributed by atoms with E-state index >= 15 is 0 Å². The Morgan fingerprint density at radius 1 is 1.35 bits per heavy atom. The summed E-state index contributed by atoms with van der Waals surface area (Å²) in [4.78, 5) is 29.5. The van der Waals surface area contributed by atoms with Crippen molar-refractivity contribution in [1.29, 1.82) is 0 Å². The summed E-state index contributed by atoms with van der Waals surface area (Å²) < 4.78 is 0. The second-order valence-corrected chi connectivity index (χ2v) is 8.13. The van der Waals surface area contributed by atoms with E-state index in [9.17, 15) is 14.7 Å². The zero-order valence-electron chi connectivity index (χ0n) is 13.9. The second-order valence-electron chi connectivity index (χ2n) is 7.21. The monoisotopic (exact) mass is 336 g/mol. The van der Waals surface area contributed by atoms with Gasteiger partial charge in [-0.25, -0.2) is 0 Å². The smallest absolute Gasteiger partial charge is 0.264 e. The predicted molar refractivity (Wildman–Crippen MR) is 89.4 cm³/mol. The molecule has 3 heterocycles. The summed E-state index contributed by atoms with van der Waals surface area (Å²) in [5.74, 6) is 0.330. The maximum absolute atomic E-state index is 12.7. The molecular formula is C17H24N2O3S. The van der Waals surface area contributed by atoms with Crippen molar-refractivity contribution in [2.45, 2.75) is 20.8 Å². The number of hydrogen-bond acceptors (Lipinski definition) is 4. The highest BCUT2D eigenvalue weighted by atomic mass is 32.1. The van der Waals surface area contributed by atoms with E-state index < -0.39 is 0 Å². The molecule has 0 aromatic carbocycles. The topological polar surface area (TPSA) is 60.9 Å². The Morgan fingerprint density at radius 2 is 2.00 bits per heavy atom. The minimum atomic E-state index is -0.356. The van der Waals surface area contributed by atoms with Gasteiger partial charge in [0.15, 0.2) is 0 Å². The third-order valence-electron chi connectivity index (χ3n) is 5.22. The van der Waals surface area contributed by atoms with Gasteiger partial charge in [0.2, 0.25) is 5.91 Å². The number of carbonyl (C=O) groups is 2. The molecule has 0 unspecified atom stereocenters. The van der Waals surface area contributed by atoms with E-state index in [2.05, 4.69) is 0 Å². The molecule has 1 N–H and O–H groups in total. The zero-order chi connectivity index (χ0) is 16.8. The molecule has 0 saturated carbocycles. The highest BCUT2D eigenvalue weighted by Gasteiger charge is 2.54. The minimum absolute atomic E-state index is 0.0206. The first-order valence-electron chi connectivity index (χ1n) is 8.11. The van der Waals surface area contributed by atoms with Crippen LogP contribution in [-0.4, -0.2) is 59.5 Å². The van der Waals surface area contributed by atoms with E-state index in [-0.39, 0.29) is 35.7 Å². The summed E-state index contributed by atoms with van der Waals surface area (Å²) in [7, 11) is 0. The summed E-state index contributed by atoms with van der Waals surface area (Å²) in [6.45, 7) is 8.13. The lowest BCUT2D eigenvalue weighted by atomic mass is 9.82. The number of nitrogens with zero attached hydrogens (tertiary/aromatic N) is 2. The van der Waals surface area contributed by atoms with E-state index in [1.54, 1.807) is 0 Å². The highest BCUT2D eigenvalue weighted by molar-refractivity contribution is 7.12. The average molecular weight is 336 g/mol. The molecule has 2 fully saturated rings. The van der Waals surface area contributed by atoms with Crippen LogP contribution in [0, 0.1) is 24.2 Å². The van der Waals surface area contributed by atoms with Crippen LogP contribution in [0.5, 0.6) is 0 Å². The molecule has 23 heavy (non-hydrogen) atoms. The summed E-state index contributed by atoms with van der Waals surface area (Å²) in [5, 5.41) is 11.9. The number of rotatable bonds is 3. The fourth-order valence-electron chi connectivity index (χ4n) is 3.83. The fraction of sp³-hybridized carbons (Fsp3) is 0.647. The quantitative estimate of drug-likeness (QED) is 0.912. The van der Waals surface area contributed by atoms with Crippen molar-refractivity contribution in [1.82, 2.24) is 9.80 Å². The Kier molecular flexibility index (Phi) is 4.23. The van der Waals surface area contributed by atoms with Crippen LogP contribution in [0.2, 0.25) is 0 Å². The number of fused-ring (bicyclic) bond motifs is 1. The number of hydrogen-bond donors (Lipinski definition) is 1. The summed E-state index contributed by atoms with van der Waals surface area (Å²) >= 11 is 1.47. The highest BCUT2D eigenvalue weighted by Crippen LogP contribution is 2.43. The number of thiophene rings is 1. The molecule has 1 aromatic heterocycles. The van der Waals surface area contributed by atoms with Crippen LogP contribution < -0.4 is 0 Å². The van der Waals surface area contributed by atoms with Crippen LogP contribution in [0.25, 0.3) is 0 Å². The van der Waals surface area contributed by atoms with Gasteiger partial charge in [0, 0.05) is 43.4 Å². The van der Waals surface area contributed by atoms with Crippen LogP contribution in [0.15, 0.2) is 11.4 Å². The molecule has 2 aliphatic heterocycles. The molecular weight excluding hydrogens is 312 g/mol. The van der Waals surface area contributed by atoms with Crippen molar-refractivity contribution in [3.8, 4) is 0 Å². The summed E-state index contributed by atoms with van der Waals surface area (Å²) in [5.41, 5.74) is 0.650. The van der Waals surface area contributed by atoms with E-state index in [1.807, 2.05) is 42.0 Å². The zero-order valence-corrected chi connectivity index (χ0v) is 14.7. The number of aliphatic hydroxyl groups is 1. The van der Waals surface area contributed by atoms with Crippen molar-refractivity contribution >= 4 is 23.2 Å². The average Bonchev–Trinajstić information content (AvgIpc) is 3.17. The van der Waals surface area contributed by atoms with Gasteiger partial charge >= 0.3 is 0 Å². The molecule has 1 aromatic rings. The van der Waals surface area contributed by atoms with Gasteiger partial charge in [0.25, 0.3) is 5.91 Å². The van der Waals surface area contributed by atoms with E-state index in [0.717, 1.165) is 10.4 Å². The lowest BCUT2D eigenvalue weighted by molar-refractivity contribution is -0.134. The van der Waals surface area contributed by atoms with E-state index in [0.29, 0.717) is 26.2 Å². The van der Waals surface area contributed by atoms with Crippen LogP contribution in [-0.2, 0) is 4.79 Å². The number of likely N-dealkylation sites (tertiary alicyclic amines) is 2. The number of aliphatic hydroxyl groups excluding tert-OH is 1. The molecule has 2 amide bonds. The van der Waals surface area contributed by atoms with Gasteiger partial charge in [-0.2, -0.15) is 0 Å². The Morgan fingerprint density at radius 3 is 2.52 bits per heavy atom. The Hall–Kier alpha value is -1.40. The lowest BCUT2D eigenvalue weighted by Crippen LogP contribution is -2.41. The first-order chi connectivity index (χ1) is 10.9. The van der Waals surface area contributed by atoms with Crippen LogP contribution in [0.3, 0.4) is 0 Å². The van der Waals surface area contributed by atoms with Gasteiger partial charge < -0.3 is 14.9 Å². The predicted octanol–water partition coefficient (Wildman–Crippen LogP) is 1.61. The van der Waals surface area contributed by atoms with Gasteiger partial charge in [0.1, 0.15) is 0 Å². The van der Waals surface area contributed by atoms with Crippen molar-refractivity contribution in [2.75, 3.05) is 32.8 Å². The van der Waals surface area contributed by atoms with E-state index in [4.69, 9.17) is 0 Å². The molecule has 0 radical (unpaired) electrons. The molecule has 0 bridgehead atoms. The first-order valence-corrected chi connectivity index (χ1v) is 8.99. The SMILES string of the molecule is Cc1ccsc1C(=O)N1C[C@H]2CN(C(=O)C(C)C)C[C@@]2(CO)C1. The molecule has 2 atom stereocenters. The maximum Gasteiger partial charge on any atom is 0.264 e. The summed E-state index contributed by atoms with van der Waals surface area (Å²) in [6, 6.07) is 1.96. The fourth-order valence-corrected chi connectivity index (χ4v) is 4.72. The standard InChI is InChI=1S/C17H24N2O3S/c1-11(2)15(21)18-6-13-7-19(9-17(13,8-18)10-20)16(22)14-12(3)4-5-23-14/h4-5,11,13,20H,6-10H2,1-3H3/t13-,17+/m1/s1. The van der Waals surface area contributed by atoms with Crippen molar-refractivity contribution in [2.24, 2.45) is 17.3 Å². The maximum atomic E-state index is 12.7. The third-order valence-corrected chi connectivity index (χ3v) is 6.23. The summed E-state index contributed by atoms with van der Waals surface area (Å²) in [6.07, 6.45) is 0. The van der Waals surface area contributed by atoms with Gasteiger partial charge in [-0.3, -0.25) is 9.59 Å². The number of aryl methyl sites for hydroxylation is 1.